The molecule has 0 atom stereocenters. The van der Waals surface area contributed by atoms with Gasteiger partial charge in [-0.2, -0.15) is 0 Å². The van der Waals surface area contributed by atoms with Crippen molar-refractivity contribution >= 4 is 13.3 Å². The molecule has 0 amide bonds. The first kappa shape index (κ1) is 34.3. The fourth-order valence-corrected chi connectivity index (χ4v) is 6.63. The molecule has 0 fully saturated rings. The van der Waals surface area contributed by atoms with Crippen molar-refractivity contribution in [1.29, 1.82) is 0 Å². The van der Waals surface area contributed by atoms with Crippen molar-refractivity contribution in [3.05, 3.63) is 126 Å². The summed E-state index contributed by atoms with van der Waals surface area (Å²) in [4.78, 5) is 9.29. The summed E-state index contributed by atoms with van der Waals surface area (Å²) >= 11 is 0. The summed E-state index contributed by atoms with van der Waals surface area (Å²) in [6, 6.07) is 35.9. The summed E-state index contributed by atoms with van der Waals surface area (Å²) < 4.78 is 0. The Labute approximate surface area is 274 Å². The van der Waals surface area contributed by atoms with Gasteiger partial charge in [-0.1, -0.05) is 102 Å². The van der Waals surface area contributed by atoms with Crippen LogP contribution >= 0.6 is 0 Å². The van der Waals surface area contributed by atoms with Gasteiger partial charge in [-0.3, -0.25) is 0 Å². The van der Waals surface area contributed by atoms with Gasteiger partial charge in [-0.05, 0) is 51.5 Å². The molecule has 43 heavy (non-hydrogen) atoms. The first-order valence-electron chi connectivity index (χ1n) is 14.9. The number of aryl methyl sites for hydroxylation is 1. The van der Waals surface area contributed by atoms with E-state index in [1.54, 1.807) is 0 Å². The number of hydrogen-bond donors (Lipinski definition) is 0. The summed E-state index contributed by atoms with van der Waals surface area (Å²) in [6.07, 6.45) is 4.05. The molecule has 2 nitrogen and oxygen atoms in total. The van der Waals surface area contributed by atoms with E-state index in [-0.39, 0.29) is 25.5 Å². The Morgan fingerprint density at radius 1 is 0.721 bits per heavy atom. The molecule has 0 spiro atoms. The summed E-state index contributed by atoms with van der Waals surface area (Å²) in [5.74, 6) is 0.534. The van der Waals surface area contributed by atoms with Crippen LogP contribution in [-0.2, 0) is 25.5 Å². The average Bonchev–Trinajstić information content (AvgIpc) is 2.97. The minimum atomic E-state index is -1.34. The second-order valence-corrected chi connectivity index (χ2v) is 18.4. The first-order chi connectivity index (χ1) is 19.8. The maximum atomic E-state index is 4.66. The zero-order chi connectivity index (χ0) is 30.5. The van der Waals surface area contributed by atoms with E-state index >= 15 is 0 Å². The predicted molar refractivity (Wildman–Crippen MR) is 183 cm³/mol. The van der Waals surface area contributed by atoms with Crippen LogP contribution in [0.25, 0.3) is 33.6 Å². The summed E-state index contributed by atoms with van der Waals surface area (Å²) in [7, 11) is -1.34. The topological polar surface area (TPSA) is 25.8 Å². The zero-order valence-corrected chi connectivity index (χ0v) is 30.4. The Morgan fingerprint density at radius 2 is 1.35 bits per heavy atom. The second kappa shape index (κ2) is 14.5. The van der Waals surface area contributed by atoms with Crippen molar-refractivity contribution in [2.24, 2.45) is 0 Å². The molecule has 0 saturated carbocycles. The average molecular weight is 761 g/mol. The smallest absolute Gasteiger partial charge is 0.0799 e. The molecule has 225 valence electrons. The Bertz CT molecular complexity index is 1620. The van der Waals surface area contributed by atoms with Crippen LogP contribution in [0.1, 0.15) is 57.2 Å². The molecule has 0 aliphatic carbocycles. The molecule has 0 aliphatic heterocycles. The van der Waals surface area contributed by atoms with Gasteiger partial charge in [-0.15, -0.1) is 71.3 Å². The van der Waals surface area contributed by atoms with Crippen molar-refractivity contribution in [1.82, 2.24) is 9.97 Å². The minimum Gasteiger partial charge on any atom is -0.305 e. The predicted octanol–water partition coefficient (Wildman–Crippen LogP) is 10.0. The SMILES string of the molecule is CC(C)c1cc(-c2[c-]cccc2)ncc1[Si](C)(C)C.Cc1cnc(-c2[c-]ccc(C(C)(C)C)c2)cc1-c1ccccc1.[Ir]. The van der Waals surface area contributed by atoms with Crippen LogP contribution in [0, 0.1) is 19.1 Å². The van der Waals surface area contributed by atoms with Gasteiger partial charge in [0.2, 0.25) is 0 Å². The van der Waals surface area contributed by atoms with Crippen molar-refractivity contribution < 1.29 is 20.1 Å². The van der Waals surface area contributed by atoms with Crippen LogP contribution < -0.4 is 5.19 Å². The Hall–Kier alpha value is -3.17. The number of nitrogens with zero attached hydrogens (tertiary/aromatic N) is 2. The molecule has 0 saturated heterocycles. The Balaban J connectivity index is 0.000000234. The van der Waals surface area contributed by atoms with E-state index in [0.29, 0.717) is 5.92 Å². The van der Waals surface area contributed by atoms with Crippen LogP contribution in [0.2, 0.25) is 19.6 Å². The first-order valence-corrected chi connectivity index (χ1v) is 18.4. The van der Waals surface area contributed by atoms with E-state index in [9.17, 15) is 0 Å². The van der Waals surface area contributed by atoms with Crippen LogP contribution in [0.4, 0.5) is 0 Å². The molecule has 5 rings (SSSR count). The molecule has 0 unspecified atom stereocenters. The fourth-order valence-electron chi connectivity index (χ4n) is 4.96. The van der Waals surface area contributed by atoms with E-state index in [1.807, 2.05) is 36.5 Å². The van der Waals surface area contributed by atoms with E-state index in [1.165, 1.54) is 33.0 Å². The summed E-state index contributed by atoms with van der Waals surface area (Å²) in [6.45, 7) is 20.4. The number of benzene rings is 3. The molecule has 2 aromatic heterocycles. The fraction of sp³-hybridized carbons (Fsp3) is 0.282. The Morgan fingerprint density at radius 3 is 1.95 bits per heavy atom. The number of pyridine rings is 2. The van der Waals surface area contributed by atoms with Gasteiger partial charge >= 0.3 is 0 Å². The van der Waals surface area contributed by atoms with Gasteiger partial charge in [0.15, 0.2) is 0 Å². The molecule has 3 aromatic carbocycles. The number of rotatable bonds is 5. The molecule has 4 heteroatoms. The molecule has 0 N–H and O–H groups in total. The van der Waals surface area contributed by atoms with Crippen molar-refractivity contribution in [2.75, 3.05) is 0 Å². The normalized spacial score (nSPS) is 11.4. The van der Waals surface area contributed by atoms with Gasteiger partial charge in [-0.25, -0.2) is 0 Å². The molecule has 0 aliphatic rings. The maximum absolute atomic E-state index is 4.66. The van der Waals surface area contributed by atoms with Crippen molar-refractivity contribution in [3.8, 4) is 33.6 Å². The van der Waals surface area contributed by atoms with Gasteiger partial charge in [0.25, 0.3) is 0 Å². The molecule has 5 aromatic rings. The quantitative estimate of drug-likeness (QED) is 0.132. The van der Waals surface area contributed by atoms with Gasteiger partial charge in [0.05, 0.1) is 8.07 Å². The van der Waals surface area contributed by atoms with Crippen LogP contribution in [0.15, 0.2) is 97.3 Å². The monoisotopic (exact) mass is 761 g/mol. The summed E-state index contributed by atoms with van der Waals surface area (Å²) in [5, 5.41) is 1.47. The second-order valence-electron chi connectivity index (χ2n) is 13.3. The van der Waals surface area contributed by atoms with Crippen LogP contribution in [0.5, 0.6) is 0 Å². The summed E-state index contributed by atoms with van der Waals surface area (Å²) in [5.41, 5.74) is 10.6. The minimum absolute atomic E-state index is 0. The standard InChI is InChI=1S/C22H22N.C17H22NSi.Ir/c1-16-15-23-21(14-20(16)17-9-6-5-7-10-17)18-11-8-12-19(13-18)22(2,3)4;1-13(2)15-11-16(14-9-7-6-8-10-14)18-12-17(15)19(3,4)5;/h5-10,12-15H,1-4H3;6-9,11-13H,1-5H3;/q2*-1;. The van der Waals surface area contributed by atoms with Gasteiger partial charge < -0.3 is 9.97 Å². The largest absolute Gasteiger partial charge is 0.305 e. The van der Waals surface area contributed by atoms with Crippen molar-refractivity contribution in [3.63, 3.8) is 0 Å². The van der Waals surface area contributed by atoms with Crippen LogP contribution in [-0.4, -0.2) is 18.0 Å². The third-order valence-electron chi connectivity index (χ3n) is 7.48. The third-order valence-corrected chi connectivity index (χ3v) is 9.52. The van der Waals surface area contributed by atoms with E-state index in [2.05, 4.69) is 144 Å². The maximum Gasteiger partial charge on any atom is 0.0799 e. The van der Waals surface area contributed by atoms with Gasteiger partial charge in [0.1, 0.15) is 0 Å². The molecule has 0 bridgehead atoms. The molecular weight excluding hydrogens is 717 g/mol. The van der Waals surface area contributed by atoms with Crippen LogP contribution in [0.3, 0.4) is 0 Å². The zero-order valence-electron chi connectivity index (χ0n) is 27.0. The van der Waals surface area contributed by atoms with E-state index in [0.717, 1.165) is 22.5 Å². The number of aromatic nitrogens is 2. The van der Waals surface area contributed by atoms with E-state index in [4.69, 9.17) is 0 Å². The van der Waals surface area contributed by atoms with Crippen molar-refractivity contribution in [2.45, 2.75) is 72.5 Å². The third kappa shape index (κ3) is 8.92. The number of hydrogen-bond acceptors (Lipinski definition) is 2. The molecule has 2 heterocycles. The van der Waals surface area contributed by atoms with E-state index < -0.39 is 8.07 Å². The molecule has 1 radical (unpaired) electrons. The van der Waals surface area contributed by atoms with Gasteiger partial charge in [0, 0.05) is 32.5 Å². The molecular formula is C39H44IrN2Si-2. The Kier molecular flexibility index (Phi) is 11.6.